The van der Waals surface area contributed by atoms with Gasteiger partial charge in [0.25, 0.3) is 0 Å². The third-order valence-corrected chi connectivity index (χ3v) is 1.84. The minimum absolute atomic E-state index is 0.597. The van der Waals surface area contributed by atoms with Crippen molar-refractivity contribution in [1.82, 2.24) is 0 Å². The van der Waals surface area contributed by atoms with E-state index in [0.29, 0.717) is 12.0 Å². The molecule has 64 valence electrons. The number of hydrogen-bond donors (Lipinski definition) is 0. The molecule has 1 rings (SSSR count). The van der Waals surface area contributed by atoms with Gasteiger partial charge in [0.05, 0.1) is 17.7 Å². The Kier molecular flexibility index (Phi) is 3.54. The van der Waals surface area contributed by atoms with Crippen molar-refractivity contribution < 1.29 is 0 Å². The maximum absolute atomic E-state index is 8.55. The van der Waals surface area contributed by atoms with E-state index in [1.165, 1.54) is 5.56 Å². The molecule has 0 fully saturated rings. The zero-order valence-electron chi connectivity index (χ0n) is 7.33. The van der Waals surface area contributed by atoms with Crippen LogP contribution < -0.4 is 0 Å². The Hall–Kier alpha value is -1.80. The van der Waals surface area contributed by atoms with Crippen LogP contribution in [0.2, 0.25) is 0 Å². The molecule has 0 radical (unpaired) electrons. The molecule has 0 bridgehead atoms. The van der Waals surface area contributed by atoms with E-state index in [9.17, 15) is 0 Å². The molecule has 13 heavy (non-hydrogen) atoms. The Morgan fingerprint density at radius 2 is 1.77 bits per heavy atom. The highest BCUT2D eigenvalue weighted by Gasteiger charge is 1.93. The molecule has 1 aromatic rings. The predicted molar refractivity (Wildman–Crippen MR) is 49.7 cm³/mol. The Balaban J connectivity index is 2.52. The van der Waals surface area contributed by atoms with E-state index in [1.807, 2.05) is 24.3 Å². The van der Waals surface area contributed by atoms with Gasteiger partial charge in [-0.3, -0.25) is 0 Å². The lowest BCUT2D eigenvalue weighted by atomic mass is 10.1. The highest BCUT2D eigenvalue weighted by molar-refractivity contribution is 5.31. The highest BCUT2D eigenvalue weighted by Crippen LogP contribution is 2.06. The first-order chi connectivity index (χ1) is 6.36. The molecule has 0 N–H and O–H groups in total. The summed E-state index contributed by atoms with van der Waals surface area (Å²) in [6.07, 6.45) is 2.40. The Labute approximate surface area is 78.0 Å². The van der Waals surface area contributed by atoms with E-state index in [2.05, 4.69) is 12.1 Å². The summed E-state index contributed by atoms with van der Waals surface area (Å²) in [5.41, 5.74) is 1.87. The number of hydrogen-bond acceptors (Lipinski definition) is 2. The van der Waals surface area contributed by atoms with Gasteiger partial charge >= 0.3 is 0 Å². The smallest absolute Gasteiger partial charge is 0.0991 e. The van der Waals surface area contributed by atoms with Crippen LogP contribution in [0.5, 0.6) is 0 Å². The highest BCUT2D eigenvalue weighted by atomic mass is 14.2. The number of nitriles is 2. The van der Waals surface area contributed by atoms with E-state index in [0.717, 1.165) is 12.8 Å². The number of aryl methyl sites for hydroxylation is 1. The number of unbranched alkanes of at least 4 members (excludes halogenated alkanes) is 1. The van der Waals surface area contributed by atoms with Crippen molar-refractivity contribution in [3.8, 4) is 12.1 Å². The van der Waals surface area contributed by atoms with Crippen LogP contribution in [0.25, 0.3) is 0 Å². The van der Waals surface area contributed by atoms with Gasteiger partial charge in [-0.15, -0.1) is 0 Å². The molecular formula is C11H10N2. The molecule has 0 saturated heterocycles. The Morgan fingerprint density at radius 1 is 1.08 bits per heavy atom. The van der Waals surface area contributed by atoms with Gasteiger partial charge < -0.3 is 0 Å². The number of benzene rings is 1. The van der Waals surface area contributed by atoms with E-state index in [1.54, 1.807) is 0 Å². The lowest BCUT2D eigenvalue weighted by Gasteiger charge is -1.97. The van der Waals surface area contributed by atoms with Crippen molar-refractivity contribution in [2.24, 2.45) is 0 Å². The van der Waals surface area contributed by atoms with Gasteiger partial charge in [-0.05, 0) is 30.5 Å². The first-order valence-electron chi connectivity index (χ1n) is 4.23. The molecule has 0 aliphatic heterocycles. The minimum atomic E-state index is 0.597. The van der Waals surface area contributed by atoms with Crippen LogP contribution in [0.1, 0.15) is 24.0 Å². The van der Waals surface area contributed by atoms with E-state index in [4.69, 9.17) is 10.5 Å². The van der Waals surface area contributed by atoms with Gasteiger partial charge in [-0.1, -0.05) is 12.1 Å². The molecule has 0 saturated carbocycles. The largest absolute Gasteiger partial charge is 0.198 e. The van der Waals surface area contributed by atoms with E-state index < -0.39 is 0 Å². The third kappa shape index (κ3) is 2.97. The van der Waals surface area contributed by atoms with Crippen LogP contribution in [0, 0.1) is 22.7 Å². The van der Waals surface area contributed by atoms with Gasteiger partial charge in [0.1, 0.15) is 0 Å². The minimum Gasteiger partial charge on any atom is -0.198 e. The fourth-order valence-electron chi connectivity index (χ4n) is 1.12. The van der Waals surface area contributed by atoms with Crippen molar-refractivity contribution in [3.05, 3.63) is 35.4 Å². The fourth-order valence-corrected chi connectivity index (χ4v) is 1.12. The van der Waals surface area contributed by atoms with Crippen LogP contribution in [0.4, 0.5) is 0 Å². The molecule has 0 spiro atoms. The summed E-state index contributed by atoms with van der Waals surface area (Å²) in [4.78, 5) is 0. The van der Waals surface area contributed by atoms with Gasteiger partial charge in [-0.25, -0.2) is 0 Å². The Bertz CT molecular complexity index is 338. The zero-order chi connectivity index (χ0) is 9.52. The molecule has 0 aliphatic carbocycles. The lowest BCUT2D eigenvalue weighted by molar-refractivity contribution is 0.850. The fraction of sp³-hybridized carbons (Fsp3) is 0.273. The van der Waals surface area contributed by atoms with Crippen LogP contribution in [-0.4, -0.2) is 0 Å². The molecule has 0 heterocycles. The van der Waals surface area contributed by atoms with Gasteiger partial charge in [-0.2, -0.15) is 10.5 Å². The van der Waals surface area contributed by atoms with Gasteiger partial charge in [0, 0.05) is 6.42 Å². The van der Waals surface area contributed by atoms with Crippen molar-refractivity contribution in [2.45, 2.75) is 19.3 Å². The quantitative estimate of drug-likeness (QED) is 0.654. The van der Waals surface area contributed by atoms with Crippen molar-refractivity contribution in [3.63, 3.8) is 0 Å². The SMILES string of the molecule is N#CCCCc1ccc(C#N)cc1. The average molecular weight is 170 g/mol. The second-order valence-electron chi connectivity index (χ2n) is 2.82. The second-order valence-corrected chi connectivity index (χ2v) is 2.82. The van der Waals surface area contributed by atoms with Crippen LogP contribution in [-0.2, 0) is 6.42 Å². The van der Waals surface area contributed by atoms with Crippen molar-refractivity contribution in [2.75, 3.05) is 0 Å². The maximum Gasteiger partial charge on any atom is 0.0991 e. The molecule has 0 aromatic heterocycles. The summed E-state index contributed by atoms with van der Waals surface area (Å²) in [6.45, 7) is 0. The van der Waals surface area contributed by atoms with Crippen molar-refractivity contribution in [1.29, 1.82) is 10.5 Å². The summed E-state index contributed by atoms with van der Waals surface area (Å²) in [7, 11) is 0. The summed E-state index contributed by atoms with van der Waals surface area (Å²) in [5.74, 6) is 0. The molecule has 2 heteroatoms. The van der Waals surface area contributed by atoms with Crippen molar-refractivity contribution >= 4 is 0 Å². The summed E-state index contributed by atoms with van der Waals surface area (Å²) < 4.78 is 0. The number of nitrogens with zero attached hydrogens (tertiary/aromatic N) is 2. The number of rotatable bonds is 3. The lowest BCUT2D eigenvalue weighted by Crippen LogP contribution is -1.84. The second kappa shape index (κ2) is 4.95. The monoisotopic (exact) mass is 170 g/mol. The zero-order valence-corrected chi connectivity index (χ0v) is 7.33. The standard InChI is InChI=1S/C11H10N2/c12-8-2-1-3-10-4-6-11(9-13)7-5-10/h4-7H,1-3H2. The molecule has 1 aromatic carbocycles. The molecule has 0 aliphatic rings. The van der Waals surface area contributed by atoms with Crippen LogP contribution in [0.15, 0.2) is 24.3 Å². The predicted octanol–water partition coefficient (Wildman–Crippen LogP) is 2.40. The molecule has 0 unspecified atom stereocenters. The maximum atomic E-state index is 8.55. The van der Waals surface area contributed by atoms with Gasteiger partial charge in [0.15, 0.2) is 0 Å². The van der Waals surface area contributed by atoms with E-state index >= 15 is 0 Å². The summed E-state index contributed by atoms with van der Waals surface area (Å²) in [5, 5.41) is 16.9. The van der Waals surface area contributed by atoms with Crippen LogP contribution >= 0.6 is 0 Å². The molecule has 2 nitrogen and oxygen atoms in total. The topological polar surface area (TPSA) is 47.6 Å². The van der Waals surface area contributed by atoms with E-state index in [-0.39, 0.29) is 0 Å². The Morgan fingerprint density at radius 3 is 2.31 bits per heavy atom. The van der Waals surface area contributed by atoms with Gasteiger partial charge in [0.2, 0.25) is 0 Å². The van der Waals surface area contributed by atoms with Crippen LogP contribution in [0.3, 0.4) is 0 Å². The normalized spacial score (nSPS) is 8.77. The molecule has 0 amide bonds. The third-order valence-electron chi connectivity index (χ3n) is 1.84. The average Bonchev–Trinajstić information content (AvgIpc) is 2.19. The first kappa shape index (κ1) is 9.29. The molecule has 0 atom stereocenters. The molecular weight excluding hydrogens is 160 g/mol. The summed E-state index contributed by atoms with van der Waals surface area (Å²) >= 11 is 0. The summed E-state index contributed by atoms with van der Waals surface area (Å²) in [6, 6.07) is 11.7. The first-order valence-corrected chi connectivity index (χ1v) is 4.23.